The Hall–Kier alpha value is -1.93. The quantitative estimate of drug-likeness (QED) is 0.812. The first-order chi connectivity index (χ1) is 9.84. The number of sulfonamides is 1. The van der Waals surface area contributed by atoms with Crippen molar-refractivity contribution in [3.05, 3.63) is 29.8 Å². The highest BCUT2D eigenvalue weighted by Gasteiger charge is 2.40. The maximum absolute atomic E-state index is 12.7. The predicted octanol–water partition coefficient (Wildman–Crippen LogP) is -0.0412. The topological polar surface area (TPSA) is 104 Å². The van der Waals surface area contributed by atoms with Crippen molar-refractivity contribution in [2.75, 3.05) is 13.1 Å². The second-order valence-electron chi connectivity index (χ2n) is 4.79. The van der Waals surface area contributed by atoms with Gasteiger partial charge in [0, 0.05) is 13.1 Å². The molecule has 1 aliphatic heterocycles. The molecule has 0 spiro atoms. The molecule has 1 amide bonds. The predicted molar refractivity (Wildman–Crippen MR) is 74.1 cm³/mol. The molecule has 0 aromatic heterocycles. The van der Waals surface area contributed by atoms with Crippen LogP contribution < -0.4 is 5.32 Å². The van der Waals surface area contributed by atoms with Crippen molar-refractivity contribution in [1.29, 1.82) is 0 Å². The number of carboxylic acid groups (broad SMARTS) is 1. The Morgan fingerprint density at radius 1 is 1.43 bits per heavy atom. The number of carboxylic acids is 1. The SMILES string of the molecule is Cc1ccccc1S(=O)(=O)N1CCNC(=O)C1CC(=O)O. The molecule has 1 saturated heterocycles. The smallest absolute Gasteiger partial charge is 0.305 e. The van der Waals surface area contributed by atoms with E-state index < -0.39 is 34.4 Å². The Kier molecular flexibility index (Phi) is 4.29. The molecule has 1 unspecified atom stereocenters. The number of amides is 1. The molecule has 1 atom stereocenters. The van der Waals surface area contributed by atoms with Gasteiger partial charge in [0.25, 0.3) is 0 Å². The van der Waals surface area contributed by atoms with Crippen molar-refractivity contribution < 1.29 is 23.1 Å². The van der Waals surface area contributed by atoms with E-state index in [0.29, 0.717) is 5.56 Å². The fraction of sp³-hybridized carbons (Fsp3) is 0.385. The molecule has 0 radical (unpaired) electrons. The largest absolute Gasteiger partial charge is 0.481 e. The number of hydrogen-bond acceptors (Lipinski definition) is 4. The summed E-state index contributed by atoms with van der Waals surface area (Å²) in [6, 6.07) is 5.20. The van der Waals surface area contributed by atoms with Gasteiger partial charge < -0.3 is 10.4 Å². The summed E-state index contributed by atoms with van der Waals surface area (Å²) in [5.41, 5.74) is 0.553. The first kappa shape index (κ1) is 15.5. The monoisotopic (exact) mass is 312 g/mol. The Morgan fingerprint density at radius 2 is 2.10 bits per heavy atom. The second kappa shape index (κ2) is 5.82. The molecule has 0 saturated carbocycles. The van der Waals surface area contributed by atoms with E-state index in [4.69, 9.17) is 5.11 Å². The van der Waals surface area contributed by atoms with Crippen LogP contribution in [0.1, 0.15) is 12.0 Å². The average Bonchev–Trinajstić information content (AvgIpc) is 2.40. The molecule has 1 heterocycles. The van der Waals surface area contributed by atoms with Gasteiger partial charge in [-0.2, -0.15) is 4.31 Å². The average molecular weight is 312 g/mol. The lowest BCUT2D eigenvalue weighted by atomic mass is 10.1. The molecular formula is C13H16N2O5S. The highest BCUT2D eigenvalue weighted by Crippen LogP contribution is 2.23. The molecular weight excluding hydrogens is 296 g/mol. The molecule has 1 aromatic carbocycles. The molecule has 1 aromatic rings. The lowest BCUT2D eigenvalue weighted by molar-refractivity contribution is -0.141. The maximum Gasteiger partial charge on any atom is 0.305 e. The minimum Gasteiger partial charge on any atom is -0.481 e. The minimum absolute atomic E-state index is 0.0559. The number of piperazine rings is 1. The summed E-state index contributed by atoms with van der Waals surface area (Å²) in [5.74, 6) is -1.80. The van der Waals surface area contributed by atoms with E-state index in [1.807, 2.05) is 0 Å². The van der Waals surface area contributed by atoms with Crippen LogP contribution in [0.25, 0.3) is 0 Å². The van der Waals surface area contributed by atoms with E-state index in [1.165, 1.54) is 6.07 Å². The van der Waals surface area contributed by atoms with Gasteiger partial charge in [-0.05, 0) is 18.6 Å². The first-order valence-electron chi connectivity index (χ1n) is 6.41. The van der Waals surface area contributed by atoms with Crippen molar-refractivity contribution in [3.63, 3.8) is 0 Å². The van der Waals surface area contributed by atoms with Gasteiger partial charge >= 0.3 is 5.97 Å². The van der Waals surface area contributed by atoms with E-state index in [-0.39, 0.29) is 18.0 Å². The number of benzene rings is 1. The van der Waals surface area contributed by atoms with Crippen LogP contribution in [0.4, 0.5) is 0 Å². The van der Waals surface area contributed by atoms with Crippen LogP contribution >= 0.6 is 0 Å². The van der Waals surface area contributed by atoms with Gasteiger partial charge in [0.05, 0.1) is 11.3 Å². The zero-order valence-corrected chi connectivity index (χ0v) is 12.3. The highest BCUT2D eigenvalue weighted by atomic mass is 32.2. The minimum atomic E-state index is -3.91. The number of aliphatic carboxylic acids is 1. The number of nitrogens with one attached hydrogen (secondary N) is 1. The number of aryl methyl sites for hydroxylation is 1. The first-order valence-corrected chi connectivity index (χ1v) is 7.85. The summed E-state index contributed by atoms with van der Waals surface area (Å²) < 4.78 is 26.4. The van der Waals surface area contributed by atoms with Crippen LogP contribution in [0, 0.1) is 6.92 Å². The molecule has 1 fully saturated rings. The van der Waals surface area contributed by atoms with Gasteiger partial charge in [0.2, 0.25) is 15.9 Å². The zero-order chi connectivity index (χ0) is 15.6. The summed E-state index contributed by atoms with van der Waals surface area (Å²) in [6.45, 7) is 1.88. The Balaban J connectivity index is 2.43. The van der Waals surface area contributed by atoms with Gasteiger partial charge in [0.1, 0.15) is 6.04 Å². The van der Waals surface area contributed by atoms with Crippen LogP contribution in [-0.4, -0.2) is 48.8 Å². The molecule has 114 valence electrons. The standard InChI is InChI=1S/C13H16N2O5S/c1-9-4-2-3-5-11(9)21(19,20)15-7-6-14-13(18)10(15)8-12(16)17/h2-5,10H,6-8H2,1H3,(H,14,18)(H,16,17). The van der Waals surface area contributed by atoms with Gasteiger partial charge in [-0.3, -0.25) is 9.59 Å². The van der Waals surface area contributed by atoms with E-state index >= 15 is 0 Å². The van der Waals surface area contributed by atoms with Gasteiger partial charge in [-0.15, -0.1) is 0 Å². The summed E-state index contributed by atoms with van der Waals surface area (Å²) in [6.07, 6.45) is -0.559. The third-order valence-corrected chi connectivity index (χ3v) is 5.40. The van der Waals surface area contributed by atoms with Crippen LogP contribution in [0.2, 0.25) is 0 Å². The number of nitrogens with zero attached hydrogens (tertiary/aromatic N) is 1. The van der Waals surface area contributed by atoms with Crippen molar-refractivity contribution in [2.45, 2.75) is 24.3 Å². The highest BCUT2D eigenvalue weighted by molar-refractivity contribution is 7.89. The summed E-state index contributed by atoms with van der Waals surface area (Å²) >= 11 is 0. The van der Waals surface area contributed by atoms with Crippen LogP contribution in [0.15, 0.2) is 29.2 Å². The summed E-state index contributed by atoms with van der Waals surface area (Å²) in [7, 11) is -3.91. The Labute approximate surface area is 122 Å². The van der Waals surface area contributed by atoms with Crippen molar-refractivity contribution in [1.82, 2.24) is 9.62 Å². The van der Waals surface area contributed by atoms with Gasteiger partial charge in [0.15, 0.2) is 0 Å². The molecule has 0 aliphatic carbocycles. The fourth-order valence-corrected chi connectivity index (χ4v) is 4.13. The molecule has 2 N–H and O–H groups in total. The molecule has 21 heavy (non-hydrogen) atoms. The van der Waals surface area contributed by atoms with E-state index in [9.17, 15) is 18.0 Å². The third kappa shape index (κ3) is 3.06. The number of hydrogen-bond donors (Lipinski definition) is 2. The number of carbonyl (C=O) groups excluding carboxylic acids is 1. The zero-order valence-electron chi connectivity index (χ0n) is 11.4. The van der Waals surface area contributed by atoms with Crippen LogP contribution in [-0.2, 0) is 19.6 Å². The Bertz CT molecular complexity index is 671. The van der Waals surface area contributed by atoms with Gasteiger partial charge in [-0.25, -0.2) is 8.42 Å². The lowest BCUT2D eigenvalue weighted by Crippen LogP contribution is -2.57. The molecule has 1 aliphatic rings. The molecule has 7 nitrogen and oxygen atoms in total. The maximum atomic E-state index is 12.7. The van der Waals surface area contributed by atoms with Crippen molar-refractivity contribution in [2.24, 2.45) is 0 Å². The van der Waals surface area contributed by atoms with Crippen molar-refractivity contribution >= 4 is 21.9 Å². The number of carbonyl (C=O) groups is 2. The summed E-state index contributed by atoms with van der Waals surface area (Å²) in [5, 5.41) is 11.4. The Morgan fingerprint density at radius 3 is 2.71 bits per heavy atom. The molecule has 2 rings (SSSR count). The van der Waals surface area contributed by atoms with E-state index in [2.05, 4.69) is 5.32 Å². The van der Waals surface area contributed by atoms with E-state index in [1.54, 1.807) is 25.1 Å². The van der Waals surface area contributed by atoms with Crippen molar-refractivity contribution in [3.8, 4) is 0 Å². The normalized spacial score (nSPS) is 20.0. The second-order valence-corrected chi connectivity index (χ2v) is 6.64. The molecule has 0 bridgehead atoms. The molecule has 8 heteroatoms. The van der Waals surface area contributed by atoms with E-state index in [0.717, 1.165) is 4.31 Å². The summed E-state index contributed by atoms with van der Waals surface area (Å²) in [4.78, 5) is 22.8. The lowest BCUT2D eigenvalue weighted by Gasteiger charge is -2.33. The third-order valence-electron chi connectivity index (χ3n) is 3.33. The van der Waals surface area contributed by atoms with Gasteiger partial charge in [-0.1, -0.05) is 18.2 Å². The number of rotatable bonds is 4. The van der Waals surface area contributed by atoms with Crippen LogP contribution in [0.5, 0.6) is 0 Å². The fourth-order valence-electron chi connectivity index (χ4n) is 2.31. The van der Waals surface area contributed by atoms with Crippen LogP contribution in [0.3, 0.4) is 0 Å².